The Morgan fingerprint density at radius 2 is 2.00 bits per heavy atom. The highest BCUT2D eigenvalue weighted by molar-refractivity contribution is 5.63. The fraction of sp³-hybridized carbons (Fsp3) is 0.273. The molecule has 1 nitrogen and oxygen atoms in total. The van der Waals surface area contributed by atoms with Crippen LogP contribution in [-0.2, 0) is 0 Å². The van der Waals surface area contributed by atoms with Gasteiger partial charge in [0, 0.05) is 12.2 Å². The van der Waals surface area contributed by atoms with Gasteiger partial charge in [-0.3, -0.25) is 0 Å². The first-order chi connectivity index (χ1) is 5.88. The molecule has 0 bridgehead atoms. The Labute approximate surface area is 74.1 Å². The SMILES string of the molecule is C/C=C(\NCC)c1ccccc1. The van der Waals surface area contributed by atoms with Crippen LogP contribution in [0.4, 0.5) is 0 Å². The molecule has 0 radical (unpaired) electrons. The second-order valence-corrected chi connectivity index (χ2v) is 2.60. The summed E-state index contributed by atoms with van der Waals surface area (Å²) in [6.07, 6.45) is 2.10. The van der Waals surface area contributed by atoms with E-state index in [4.69, 9.17) is 0 Å². The van der Waals surface area contributed by atoms with Gasteiger partial charge in [0.25, 0.3) is 0 Å². The van der Waals surface area contributed by atoms with Gasteiger partial charge >= 0.3 is 0 Å². The number of hydrogen-bond donors (Lipinski definition) is 1. The summed E-state index contributed by atoms with van der Waals surface area (Å²) in [6.45, 7) is 5.12. The van der Waals surface area contributed by atoms with Crippen LogP contribution in [0.2, 0.25) is 0 Å². The highest BCUT2D eigenvalue weighted by Gasteiger charge is 1.95. The number of nitrogens with one attached hydrogen (secondary N) is 1. The lowest BCUT2D eigenvalue weighted by atomic mass is 10.1. The molecule has 64 valence electrons. The third-order valence-corrected chi connectivity index (χ3v) is 1.74. The van der Waals surface area contributed by atoms with E-state index in [0.717, 1.165) is 6.54 Å². The molecule has 12 heavy (non-hydrogen) atoms. The van der Waals surface area contributed by atoms with Crippen molar-refractivity contribution in [3.63, 3.8) is 0 Å². The summed E-state index contributed by atoms with van der Waals surface area (Å²) in [5.74, 6) is 0. The van der Waals surface area contributed by atoms with Crippen molar-refractivity contribution in [1.29, 1.82) is 0 Å². The molecule has 0 aliphatic carbocycles. The van der Waals surface area contributed by atoms with Crippen molar-refractivity contribution in [3.8, 4) is 0 Å². The van der Waals surface area contributed by atoms with E-state index in [1.165, 1.54) is 11.3 Å². The van der Waals surface area contributed by atoms with Crippen molar-refractivity contribution in [2.75, 3.05) is 6.54 Å². The molecule has 0 saturated heterocycles. The van der Waals surface area contributed by atoms with E-state index in [-0.39, 0.29) is 0 Å². The number of allylic oxidation sites excluding steroid dienone is 1. The van der Waals surface area contributed by atoms with Crippen molar-refractivity contribution in [2.24, 2.45) is 0 Å². The van der Waals surface area contributed by atoms with Crippen molar-refractivity contribution in [2.45, 2.75) is 13.8 Å². The molecule has 0 atom stereocenters. The minimum atomic E-state index is 0.967. The second-order valence-electron chi connectivity index (χ2n) is 2.60. The van der Waals surface area contributed by atoms with Gasteiger partial charge < -0.3 is 5.32 Å². The van der Waals surface area contributed by atoms with E-state index in [2.05, 4.69) is 42.6 Å². The molecular formula is C11H15N. The summed E-state index contributed by atoms with van der Waals surface area (Å²) >= 11 is 0. The lowest BCUT2D eigenvalue weighted by Gasteiger charge is -2.07. The van der Waals surface area contributed by atoms with Crippen LogP contribution >= 0.6 is 0 Å². The van der Waals surface area contributed by atoms with Crippen LogP contribution in [0.5, 0.6) is 0 Å². The Hall–Kier alpha value is -1.24. The lowest BCUT2D eigenvalue weighted by molar-refractivity contribution is 0.938. The van der Waals surface area contributed by atoms with Gasteiger partial charge in [-0.05, 0) is 19.4 Å². The van der Waals surface area contributed by atoms with Crippen LogP contribution in [0, 0.1) is 0 Å². The predicted molar refractivity (Wildman–Crippen MR) is 53.8 cm³/mol. The van der Waals surface area contributed by atoms with Crippen molar-refractivity contribution in [3.05, 3.63) is 42.0 Å². The third-order valence-electron chi connectivity index (χ3n) is 1.74. The fourth-order valence-corrected chi connectivity index (χ4v) is 1.18. The van der Waals surface area contributed by atoms with E-state index >= 15 is 0 Å². The molecule has 0 aromatic heterocycles. The highest BCUT2D eigenvalue weighted by Crippen LogP contribution is 2.09. The van der Waals surface area contributed by atoms with Crippen molar-refractivity contribution in [1.82, 2.24) is 5.32 Å². The van der Waals surface area contributed by atoms with Crippen LogP contribution in [0.25, 0.3) is 5.70 Å². The van der Waals surface area contributed by atoms with Crippen LogP contribution in [-0.4, -0.2) is 6.54 Å². The molecule has 0 amide bonds. The molecule has 0 spiro atoms. The largest absolute Gasteiger partial charge is 0.385 e. The van der Waals surface area contributed by atoms with Gasteiger partial charge in [0.15, 0.2) is 0 Å². The summed E-state index contributed by atoms with van der Waals surface area (Å²) in [5.41, 5.74) is 2.46. The minimum absolute atomic E-state index is 0.967. The van der Waals surface area contributed by atoms with Gasteiger partial charge in [0.2, 0.25) is 0 Å². The molecule has 0 unspecified atom stereocenters. The van der Waals surface area contributed by atoms with Gasteiger partial charge in [0.05, 0.1) is 0 Å². The molecule has 0 aliphatic heterocycles. The summed E-state index contributed by atoms with van der Waals surface area (Å²) in [5, 5.41) is 3.31. The average molecular weight is 161 g/mol. The van der Waals surface area contributed by atoms with E-state index < -0.39 is 0 Å². The number of hydrogen-bond acceptors (Lipinski definition) is 1. The smallest absolute Gasteiger partial charge is 0.0370 e. The Bertz CT molecular complexity index is 249. The zero-order valence-electron chi connectivity index (χ0n) is 7.67. The van der Waals surface area contributed by atoms with Crippen LogP contribution in [0.3, 0.4) is 0 Å². The van der Waals surface area contributed by atoms with Gasteiger partial charge in [0.1, 0.15) is 0 Å². The normalized spacial score (nSPS) is 11.3. The zero-order valence-corrected chi connectivity index (χ0v) is 7.67. The molecule has 1 N–H and O–H groups in total. The molecule has 0 fully saturated rings. The second kappa shape index (κ2) is 4.60. The standard InChI is InChI=1S/C11H15N/c1-3-11(12-4-2)10-8-6-5-7-9-10/h3,5-9,12H,4H2,1-2H3/b11-3-. The molecular weight excluding hydrogens is 146 g/mol. The third kappa shape index (κ3) is 2.12. The highest BCUT2D eigenvalue weighted by atomic mass is 14.9. The molecule has 0 saturated carbocycles. The molecule has 0 aliphatic rings. The lowest BCUT2D eigenvalue weighted by Crippen LogP contribution is -2.10. The summed E-state index contributed by atoms with van der Waals surface area (Å²) in [4.78, 5) is 0. The first kappa shape index (κ1) is 8.85. The summed E-state index contributed by atoms with van der Waals surface area (Å²) in [7, 11) is 0. The fourth-order valence-electron chi connectivity index (χ4n) is 1.18. The van der Waals surface area contributed by atoms with Gasteiger partial charge in [-0.2, -0.15) is 0 Å². The Morgan fingerprint density at radius 3 is 2.50 bits per heavy atom. The molecule has 1 aromatic carbocycles. The van der Waals surface area contributed by atoms with E-state index in [9.17, 15) is 0 Å². The quantitative estimate of drug-likeness (QED) is 0.718. The van der Waals surface area contributed by atoms with E-state index in [1.54, 1.807) is 0 Å². The maximum absolute atomic E-state index is 3.31. The van der Waals surface area contributed by atoms with Gasteiger partial charge in [-0.25, -0.2) is 0 Å². The van der Waals surface area contributed by atoms with E-state index in [0.29, 0.717) is 0 Å². The first-order valence-electron chi connectivity index (χ1n) is 4.34. The molecule has 0 heterocycles. The summed E-state index contributed by atoms with van der Waals surface area (Å²) in [6, 6.07) is 10.4. The van der Waals surface area contributed by atoms with Crippen LogP contribution in [0.15, 0.2) is 36.4 Å². The van der Waals surface area contributed by atoms with Gasteiger partial charge in [-0.1, -0.05) is 36.4 Å². The topological polar surface area (TPSA) is 12.0 Å². The maximum Gasteiger partial charge on any atom is 0.0370 e. The maximum atomic E-state index is 3.31. The number of benzene rings is 1. The van der Waals surface area contributed by atoms with Crippen molar-refractivity contribution >= 4 is 5.70 Å². The molecule has 1 rings (SSSR count). The summed E-state index contributed by atoms with van der Waals surface area (Å²) < 4.78 is 0. The average Bonchev–Trinajstić information content (AvgIpc) is 2.15. The Morgan fingerprint density at radius 1 is 1.33 bits per heavy atom. The first-order valence-corrected chi connectivity index (χ1v) is 4.34. The van der Waals surface area contributed by atoms with Crippen molar-refractivity contribution < 1.29 is 0 Å². The predicted octanol–water partition coefficient (Wildman–Crippen LogP) is 2.66. The van der Waals surface area contributed by atoms with E-state index in [1.807, 2.05) is 13.0 Å². The monoisotopic (exact) mass is 161 g/mol. The zero-order chi connectivity index (χ0) is 8.81. The minimum Gasteiger partial charge on any atom is -0.385 e. The van der Waals surface area contributed by atoms with Crippen LogP contribution in [0.1, 0.15) is 19.4 Å². The molecule has 1 aromatic rings. The van der Waals surface area contributed by atoms with Crippen LogP contribution < -0.4 is 5.32 Å². The number of rotatable bonds is 3. The Balaban J connectivity index is 2.82. The Kier molecular flexibility index (Phi) is 3.39. The molecule has 1 heteroatoms. The van der Waals surface area contributed by atoms with Gasteiger partial charge in [-0.15, -0.1) is 0 Å².